The average molecular weight is 471 g/mol. The molecule has 1 fully saturated rings. The molecule has 0 aromatic heterocycles. The highest BCUT2D eigenvalue weighted by Gasteiger charge is 2.15. The fraction of sp³-hybridized carbons (Fsp3) is 0.455. The van der Waals surface area contributed by atoms with E-state index < -0.39 is 0 Å². The molecule has 0 atom stereocenters. The van der Waals surface area contributed by atoms with E-state index in [4.69, 9.17) is 21.1 Å². The van der Waals surface area contributed by atoms with Crippen molar-refractivity contribution in [1.82, 2.24) is 5.32 Å². The van der Waals surface area contributed by atoms with E-state index in [0.717, 1.165) is 16.6 Å². The number of ether oxygens (including phenoxy) is 2. The molecule has 28 heavy (non-hydrogen) atoms. The summed E-state index contributed by atoms with van der Waals surface area (Å²) in [5.74, 6) is 0.787. The van der Waals surface area contributed by atoms with Gasteiger partial charge in [0.2, 0.25) is 0 Å². The lowest BCUT2D eigenvalue weighted by molar-refractivity contribution is 0.279. The second-order valence-electron chi connectivity index (χ2n) is 7.15. The standard InChI is InChI=1S/C22H26BrClFNO2/c1-27-21-11-15(13-26-16-7-4-2-3-5-8-16)18(23)12-22(21)28-14-17-19(24)9-6-10-20(17)25/h6,9-12,16,26H,2-5,7-8,13-14H2,1H3. The van der Waals surface area contributed by atoms with Crippen LogP contribution in [0.2, 0.25) is 5.02 Å². The molecule has 152 valence electrons. The normalized spacial score (nSPS) is 15.3. The van der Waals surface area contributed by atoms with Crippen molar-refractivity contribution in [2.24, 2.45) is 0 Å². The minimum atomic E-state index is -0.380. The average Bonchev–Trinajstić information content (AvgIpc) is 2.95. The van der Waals surface area contributed by atoms with E-state index in [9.17, 15) is 4.39 Å². The molecule has 1 aliphatic carbocycles. The third-order valence-electron chi connectivity index (χ3n) is 5.20. The molecule has 0 saturated heterocycles. The number of nitrogens with one attached hydrogen (secondary N) is 1. The topological polar surface area (TPSA) is 30.5 Å². The highest BCUT2D eigenvalue weighted by Crippen LogP contribution is 2.35. The van der Waals surface area contributed by atoms with Crippen LogP contribution in [0, 0.1) is 5.82 Å². The summed E-state index contributed by atoms with van der Waals surface area (Å²) in [5, 5.41) is 4.02. The zero-order valence-electron chi connectivity index (χ0n) is 16.1. The first-order chi connectivity index (χ1) is 13.6. The van der Waals surface area contributed by atoms with Crippen molar-refractivity contribution in [2.45, 2.75) is 57.7 Å². The molecular weight excluding hydrogens is 445 g/mol. The number of hydrogen-bond donors (Lipinski definition) is 1. The van der Waals surface area contributed by atoms with Gasteiger partial charge in [-0.1, -0.05) is 59.3 Å². The van der Waals surface area contributed by atoms with Crippen molar-refractivity contribution in [1.29, 1.82) is 0 Å². The monoisotopic (exact) mass is 469 g/mol. The first-order valence-electron chi connectivity index (χ1n) is 9.74. The minimum Gasteiger partial charge on any atom is -0.493 e. The number of halogens is 3. The van der Waals surface area contributed by atoms with E-state index in [1.54, 1.807) is 19.2 Å². The van der Waals surface area contributed by atoms with Gasteiger partial charge in [-0.15, -0.1) is 0 Å². The molecule has 1 saturated carbocycles. The van der Waals surface area contributed by atoms with Crippen LogP contribution in [0.15, 0.2) is 34.8 Å². The van der Waals surface area contributed by atoms with Gasteiger partial charge in [-0.05, 0) is 42.7 Å². The van der Waals surface area contributed by atoms with E-state index in [-0.39, 0.29) is 12.4 Å². The molecule has 1 aliphatic rings. The molecule has 0 unspecified atom stereocenters. The van der Waals surface area contributed by atoms with Crippen LogP contribution >= 0.6 is 27.5 Å². The SMILES string of the molecule is COc1cc(CNC2CCCCCC2)c(Br)cc1OCc1c(F)cccc1Cl. The summed E-state index contributed by atoms with van der Waals surface area (Å²) in [6.45, 7) is 0.801. The zero-order valence-corrected chi connectivity index (χ0v) is 18.4. The predicted octanol–water partition coefficient (Wildman–Crippen LogP) is 6.64. The van der Waals surface area contributed by atoms with Crippen LogP contribution < -0.4 is 14.8 Å². The van der Waals surface area contributed by atoms with Crippen LogP contribution in [-0.2, 0) is 13.2 Å². The van der Waals surface area contributed by atoms with Crippen LogP contribution in [0.4, 0.5) is 4.39 Å². The van der Waals surface area contributed by atoms with Crippen LogP contribution in [0.25, 0.3) is 0 Å². The Morgan fingerprint density at radius 3 is 2.57 bits per heavy atom. The Hall–Kier alpha value is -1.30. The molecule has 0 heterocycles. The molecule has 0 amide bonds. The van der Waals surface area contributed by atoms with Crippen LogP contribution in [-0.4, -0.2) is 13.2 Å². The Morgan fingerprint density at radius 2 is 1.89 bits per heavy atom. The van der Waals surface area contributed by atoms with E-state index in [2.05, 4.69) is 21.2 Å². The summed E-state index contributed by atoms with van der Waals surface area (Å²) < 4.78 is 26.2. The van der Waals surface area contributed by atoms with Gasteiger partial charge >= 0.3 is 0 Å². The quantitative estimate of drug-likeness (QED) is 0.460. The minimum absolute atomic E-state index is 0.0357. The molecule has 6 heteroatoms. The summed E-state index contributed by atoms with van der Waals surface area (Å²) in [6.07, 6.45) is 7.75. The van der Waals surface area contributed by atoms with E-state index >= 15 is 0 Å². The first-order valence-corrected chi connectivity index (χ1v) is 10.9. The molecule has 0 spiro atoms. The van der Waals surface area contributed by atoms with Crippen molar-refractivity contribution in [3.63, 3.8) is 0 Å². The summed E-state index contributed by atoms with van der Waals surface area (Å²) in [4.78, 5) is 0. The second kappa shape index (κ2) is 10.5. The van der Waals surface area contributed by atoms with Crippen LogP contribution in [0.5, 0.6) is 11.5 Å². The Kier molecular flexibility index (Phi) is 8.00. The molecule has 2 aromatic carbocycles. The number of rotatable bonds is 7. The Bertz CT molecular complexity index is 774. The Morgan fingerprint density at radius 1 is 1.14 bits per heavy atom. The Balaban J connectivity index is 1.68. The maximum absolute atomic E-state index is 14.0. The van der Waals surface area contributed by atoms with Gasteiger partial charge in [-0.25, -0.2) is 4.39 Å². The van der Waals surface area contributed by atoms with E-state index in [1.807, 2.05) is 12.1 Å². The smallest absolute Gasteiger partial charge is 0.162 e. The highest BCUT2D eigenvalue weighted by molar-refractivity contribution is 9.10. The number of methoxy groups -OCH3 is 1. The lowest BCUT2D eigenvalue weighted by Crippen LogP contribution is -2.28. The molecule has 0 bridgehead atoms. The van der Waals surface area contributed by atoms with Gasteiger partial charge < -0.3 is 14.8 Å². The van der Waals surface area contributed by atoms with Gasteiger partial charge in [0.1, 0.15) is 12.4 Å². The zero-order chi connectivity index (χ0) is 19.9. The maximum Gasteiger partial charge on any atom is 0.162 e. The lowest BCUT2D eigenvalue weighted by atomic mass is 10.1. The fourth-order valence-corrected chi connectivity index (χ4v) is 4.22. The van der Waals surface area contributed by atoms with Crippen molar-refractivity contribution < 1.29 is 13.9 Å². The van der Waals surface area contributed by atoms with Crippen LogP contribution in [0.3, 0.4) is 0 Å². The fourth-order valence-electron chi connectivity index (χ4n) is 3.54. The molecule has 1 N–H and O–H groups in total. The van der Waals surface area contributed by atoms with Crippen LogP contribution in [0.1, 0.15) is 49.7 Å². The summed E-state index contributed by atoms with van der Waals surface area (Å²) in [6, 6.07) is 9.01. The van der Waals surface area contributed by atoms with Gasteiger partial charge in [0.15, 0.2) is 11.5 Å². The number of hydrogen-bond acceptors (Lipinski definition) is 3. The van der Waals surface area contributed by atoms with Gasteiger partial charge in [0, 0.05) is 22.6 Å². The summed E-state index contributed by atoms with van der Waals surface area (Å²) >= 11 is 9.71. The molecule has 3 nitrogen and oxygen atoms in total. The summed E-state index contributed by atoms with van der Waals surface area (Å²) in [5.41, 5.74) is 1.44. The third-order valence-corrected chi connectivity index (χ3v) is 6.30. The Labute approximate surface area is 179 Å². The largest absolute Gasteiger partial charge is 0.493 e. The van der Waals surface area contributed by atoms with E-state index in [0.29, 0.717) is 28.1 Å². The molecule has 0 radical (unpaired) electrons. The first kappa shape index (κ1) is 21.4. The molecule has 0 aliphatic heterocycles. The van der Waals surface area contributed by atoms with Gasteiger partial charge in [0.25, 0.3) is 0 Å². The molecule has 3 rings (SSSR count). The third kappa shape index (κ3) is 5.62. The van der Waals surface area contributed by atoms with Gasteiger partial charge in [0.05, 0.1) is 12.1 Å². The lowest BCUT2D eigenvalue weighted by Gasteiger charge is -2.18. The molecule has 2 aromatic rings. The summed E-state index contributed by atoms with van der Waals surface area (Å²) in [7, 11) is 1.61. The van der Waals surface area contributed by atoms with E-state index in [1.165, 1.54) is 44.6 Å². The van der Waals surface area contributed by atoms with Crippen molar-refractivity contribution in [3.8, 4) is 11.5 Å². The predicted molar refractivity (Wildman–Crippen MR) is 115 cm³/mol. The highest BCUT2D eigenvalue weighted by atomic mass is 79.9. The molecular formula is C22H26BrClFNO2. The number of benzene rings is 2. The van der Waals surface area contributed by atoms with Crippen molar-refractivity contribution in [3.05, 3.63) is 56.8 Å². The van der Waals surface area contributed by atoms with Gasteiger partial charge in [-0.3, -0.25) is 0 Å². The maximum atomic E-state index is 14.0. The van der Waals surface area contributed by atoms with Crippen molar-refractivity contribution in [2.75, 3.05) is 7.11 Å². The van der Waals surface area contributed by atoms with Gasteiger partial charge in [-0.2, -0.15) is 0 Å². The second-order valence-corrected chi connectivity index (χ2v) is 8.41. The van der Waals surface area contributed by atoms with Crippen molar-refractivity contribution >= 4 is 27.5 Å².